The summed E-state index contributed by atoms with van der Waals surface area (Å²) in [5, 5.41) is 3.99. The van der Waals surface area contributed by atoms with E-state index in [-0.39, 0.29) is 0 Å². The van der Waals surface area contributed by atoms with E-state index >= 15 is 0 Å². The standard InChI is InChI=1S/C28H37NO/c1-30-27-20-16-23(17-21-27)13-12-22-14-18-26(19-15-22)29-28(24-8-4-2-5-9-24)25-10-6-3-7-11-25/h12-21,24-25,28-29H,2-11H2,1H3. The van der Waals surface area contributed by atoms with Gasteiger partial charge in [-0.25, -0.2) is 0 Å². The van der Waals surface area contributed by atoms with Crippen LogP contribution in [-0.2, 0) is 0 Å². The second-order valence-corrected chi connectivity index (χ2v) is 9.19. The molecule has 0 unspecified atom stereocenters. The predicted octanol–water partition coefficient (Wildman–Crippen LogP) is 7.81. The summed E-state index contributed by atoms with van der Waals surface area (Å²) in [5.74, 6) is 2.61. The fourth-order valence-corrected chi connectivity index (χ4v) is 5.40. The molecule has 0 atom stereocenters. The molecule has 0 heterocycles. The monoisotopic (exact) mass is 403 g/mol. The Morgan fingerprint density at radius 2 is 1.17 bits per heavy atom. The van der Waals surface area contributed by atoms with E-state index < -0.39 is 0 Å². The third-order valence-corrected chi connectivity index (χ3v) is 7.14. The van der Waals surface area contributed by atoms with Crippen molar-refractivity contribution in [2.24, 2.45) is 11.8 Å². The Balaban J connectivity index is 1.41. The van der Waals surface area contributed by atoms with E-state index in [0.717, 1.165) is 17.6 Å². The molecule has 2 aliphatic carbocycles. The van der Waals surface area contributed by atoms with Gasteiger partial charge in [0.1, 0.15) is 5.75 Å². The van der Waals surface area contributed by atoms with Gasteiger partial charge in [-0.3, -0.25) is 0 Å². The molecular weight excluding hydrogens is 366 g/mol. The van der Waals surface area contributed by atoms with Crippen molar-refractivity contribution < 1.29 is 4.74 Å². The molecule has 2 aromatic carbocycles. The van der Waals surface area contributed by atoms with Crippen LogP contribution in [0.5, 0.6) is 5.75 Å². The van der Waals surface area contributed by atoms with E-state index in [1.165, 1.54) is 81.0 Å². The molecule has 0 spiro atoms. The van der Waals surface area contributed by atoms with Gasteiger partial charge >= 0.3 is 0 Å². The molecule has 2 aromatic rings. The SMILES string of the molecule is COc1ccc(C=Cc2ccc(NC(C3CCCCC3)C3CCCCC3)cc2)cc1. The lowest BCUT2D eigenvalue weighted by Crippen LogP contribution is -2.38. The lowest BCUT2D eigenvalue weighted by Gasteiger charge is -2.39. The van der Waals surface area contributed by atoms with Crippen molar-refractivity contribution in [3.05, 3.63) is 59.7 Å². The highest BCUT2D eigenvalue weighted by Gasteiger charge is 2.31. The van der Waals surface area contributed by atoms with Crippen LogP contribution in [-0.4, -0.2) is 13.2 Å². The topological polar surface area (TPSA) is 21.3 Å². The van der Waals surface area contributed by atoms with Gasteiger partial charge in [-0.15, -0.1) is 0 Å². The molecule has 0 amide bonds. The minimum atomic E-state index is 0.659. The van der Waals surface area contributed by atoms with E-state index in [2.05, 4.69) is 53.9 Å². The summed E-state index contributed by atoms with van der Waals surface area (Å²) in [5.41, 5.74) is 3.72. The number of ether oxygens (including phenoxy) is 1. The number of rotatable bonds is 7. The zero-order chi connectivity index (χ0) is 20.6. The van der Waals surface area contributed by atoms with E-state index in [0.29, 0.717) is 6.04 Å². The number of methoxy groups -OCH3 is 1. The number of hydrogen-bond donors (Lipinski definition) is 1. The second kappa shape index (κ2) is 10.7. The maximum atomic E-state index is 5.23. The molecule has 2 saturated carbocycles. The van der Waals surface area contributed by atoms with Gasteiger partial charge in [-0.1, -0.05) is 74.9 Å². The van der Waals surface area contributed by atoms with E-state index in [1.54, 1.807) is 7.11 Å². The van der Waals surface area contributed by atoms with Gasteiger partial charge in [-0.05, 0) is 72.9 Å². The number of hydrogen-bond acceptors (Lipinski definition) is 2. The molecule has 4 rings (SSSR count). The maximum absolute atomic E-state index is 5.23. The van der Waals surface area contributed by atoms with Crippen molar-refractivity contribution in [3.63, 3.8) is 0 Å². The molecule has 0 saturated heterocycles. The Kier molecular flexibility index (Phi) is 7.50. The van der Waals surface area contributed by atoms with Crippen molar-refractivity contribution in [1.82, 2.24) is 0 Å². The largest absolute Gasteiger partial charge is 0.497 e. The number of anilines is 1. The summed E-state index contributed by atoms with van der Waals surface area (Å²) in [7, 11) is 1.70. The van der Waals surface area contributed by atoms with Crippen molar-refractivity contribution in [1.29, 1.82) is 0 Å². The van der Waals surface area contributed by atoms with Crippen LogP contribution >= 0.6 is 0 Å². The fourth-order valence-electron chi connectivity index (χ4n) is 5.40. The molecule has 2 fully saturated rings. The summed E-state index contributed by atoms with van der Waals surface area (Å²) < 4.78 is 5.23. The molecule has 1 N–H and O–H groups in total. The summed E-state index contributed by atoms with van der Waals surface area (Å²) in [6, 6.07) is 17.9. The summed E-state index contributed by atoms with van der Waals surface area (Å²) >= 11 is 0. The average Bonchev–Trinajstić information content (AvgIpc) is 2.83. The highest BCUT2D eigenvalue weighted by molar-refractivity contribution is 5.70. The Morgan fingerprint density at radius 3 is 1.63 bits per heavy atom. The summed E-state index contributed by atoms with van der Waals surface area (Å²) in [4.78, 5) is 0. The minimum absolute atomic E-state index is 0.659. The highest BCUT2D eigenvalue weighted by Crippen LogP contribution is 2.37. The van der Waals surface area contributed by atoms with Gasteiger partial charge in [0.2, 0.25) is 0 Å². The second-order valence-electron chi connectivity index (χ2n) is 9.19. The van der Waals surface area contributed by atoms with Crippen molar-refractivity contribution in [3.8, 4) is 5.75 Å². The van der Waals surface area contributed by atoms with Crippen LogP contribution in [0.1, 0.15) is 75.3 Å². The van der Waals surface area contributed by atoms with Crippen LogP contribution in [0.15, 0.2) is 48.5 Å². The summed E-state index contributed by atoms with van der Waals surface area (Å²) in [6.07, 6.45) is 18.6. The Hall–Kier alpha value is -2.22. The summed E-state index contributed by atoms with van der Waals surface area (Å²) in [6.45, 7) is 0. The quantitative estimate of drug-likeness (QED) is 0.476. The molecular formula is C28H37NO. The first-order chi connectivity index (χ1) is 14.8. The number of benzene rings is 2. The number of nitrogens with one attached hydrogen (secondary N) is 1. The van der Waals surface area contributed by atoms with E-state index in [4.69, 9.17) is 4.74 Å². The van der Waals surface area contributed by atoms with Gasteiger partial charge in [0, 0.05) is 11.7 Å². The minimum Gasteiger partial charge on any atom is -0.497 e. The third-order valence-electron chi connectivity index (χ3n) is 7.14. The molecule has 2 aliphatic rings. The van der Waals surface area contributed by atoms with E-state index in [1.807, 2.05) is 12.1 Å². The highest BCUT2D eigenvalue weighted by atomic mass is 16.5. The Bertz CT molecular complexity index is 762. The molecule has 30 heavy (non-hydrogen) atoms. The van der Waals surface area contributed by atoms with Crippen molar-refractivity contribution >= 4 is 17.8 Å². The zero-order valence-corrected chi connectivity index (χ0v) is 18.5. The molecule has 0 bridgehead atoms. The van der Waals surface area contributed by atoms with Crippen LogP contribution in [0.4, 0.5) is 5.69 Å². The smallest absolute Gasteiger partial charge is 0.118 e. The van der Waals surface area contributed by atoms with Gasteiger partial charge in [0.25, 0.3) is 0 Å². The fraction of sp³-hybridized carbons (Fsp3) is 0.500. The van der Waals surface area contributed by atoms with Crippen molar-refractivity contribution in [2.75, 3.05) is 12.4 Å². The Morgan fingerprint density at radius 1 is 0.700 bits per heavy atom. The molecule has 0 aliphatic heterocycles. The van der Waals surface area contributed by atoms with Crippen LogP contribution in [0.25, 0.3) is 12.2 Å². The van der Waals surface area contributed by atoms with Crippen LogP contribution in [0.3, 0.4) is 0 Å². The predicted molar refractivity (Wildman–Crippen MR) is 129 cm³/mol. The normalized spacial score (nSPS) is 18.7. The average molecular weight is 404 g/mol. The van der Waals surface area contributed by atoms with Gasteiger partial charge in [0.05, 0.1) is 7.11 Å². The van der Waals surface area contributed by atoms with Crippen LogP contribution in [0.2, 0.25) is 0 Å². The van der Waals surface area contributed by atoms with Crippen LogP contribution in [0, 0.1) is 11.8 Å². The molecule has 2 heteroatoms. The molecule has 160 valence electrons. The molecule has 2 nitrogen and oxygen atoms in total. The maximum Gasteiger partial charge on any atom is 0.118 e. The Labute approximate surface area is 182 Å². The third kappa shape index (κ3) is 5.68. The molecule has 0 aromatic heterocycles. The first-order valence-electron chi connectivity index (χ1n) is 12.0. The lowest BCUT2D eigenvalue weighted by atomic mass is 9.73. The first kappa shape index (κ1) is 21.0. The van der Waals surface area contributed by atoms with Crippen LogP contribution < -0.4 is 10.1 Å². The lowest BCUT2D eigenvalue weighted by molar-refractivity contribution is 0.219. The first-order valence-corrected chi connectivity index (χ1v) is 12.0. The van der Waals surface area contributed by atoms with E-state index in [9.17, 15) is 0 Å². The van der Waals surface area contributed by atoms with Crippen molar-refractivity contribution in [2.45, 2.75) is 70.3 Å². The zero-order valence-electron chi connectivity index (χ0n) is 18.5. The van der Waals surface area contributed by atoms with Gasteiger partial charge in [0.15, 0.2) is 0 Å². The molecule has 0 radical (unpaired) electrons. The van der Waals surface area contributed by atoms with Gasteiger partial charge < -0.3 is 10.1 Å². The van der Waals surface area contributed by atoms with Gasteiger partial charge in [-0.2, -0.15) is 0 Å².